The second-order valence-electron chi connectivity index (χ2n) is 6.47. The number of nitrogens with one attached hydrogen (secondary N) is 1. The Morgan fingerprint density at radius 3 is 2.67 bits per heavy atom. The lowest BCUT2D eigenvalue weighted by Crippen LogP contribution is -2.44. The predicted octanol–water partition coefficient (Wildman–Crippen LogP) is 4.47. The number of hydrogen-bond donors (Lipinski definition) is 1. The minimum Gasteiger partial charge on any atom is -0.351 e. The summed E-state index contributed by atoms with van der Waals surface area (Å²) in [5.41, 5.74) is 2.92. The van der Waals surface area contributed by atoms with Gasteiger partial charge in [0.1, 0.15) is 0 Å². The maximum absolute atomic E-state index is 12.2. The summed E-state index contributed by atoms with van der Waals surface area (Å²) in [6.45, 7) is 5.58. The maximum Gasteiger partial charge on any atom is 0.269 e. The molecule has 2 atom stereocenters. The molecule has 0 saturated carbocycles. The third-order valence-electron chi connectivity index (χ3n) is 4.88. The average molecular weight is 430 g/mol. The van der Waals surface area contributed by atoms with Crippen LogP contribution in [0.3, 0.4) is 0 Å². The van der Waals surface area contributed by atoms with Crippen LogP contribution in [0.25, 0.3) is 0 Å². The van der Waals surface area contributed by atoms with Gasteiger partial charge in [-0.25, -0.2) is 0 Å². The van der Waals surface area contributed by atoms with Crippen molar-refractivity contribution in [1.29, 1.82) is 0 Å². The number of carbonyl (C=O) groups excluding carboxylic acids is 1. The number of amides is 1. The van der Waals surface area contributed by atoms with Gasteiger partial charge in [0.05, 0.1) is 9.26 Å². The molecule has 0 saturated heterocycles. The zero-order valence-electron chi connectivity index (χ0n) is 15.0. The van der Waals surface area contributed by atoms with E-state index in [-0.39, 0.29) is 30.0 Å². The lowest BCUT2D eigenvalue weighted by Gasteiger charge is -2.39. The van der Waals surface area contributed by atoms with E-state index in [9.17, 15) is 14.9 Å². The number of nitro benzene ring substituents is 1. The number of carbonyl (C=O) groups is 1. The Kier molecular flexibility index (Phi) is 7.22. The van der Waals surface area contributed by atoms with Crippen LogP contribution >= 0.6 is 35.3 Å². The van der Waals surface area contributed by atoms with Crippen molar-refractivity contribution in [2.75, 3.05) is 13.1 Å². The van der Waals surface area contributed by atoms with Gasteiger partial charge in [-0.3, -0.25) is 19.8 Å². The van der Waals surface area contributed by atoms with E-state index >= 15 is 0 Å². The zero-order valence-corrected chi connectivity index (χ0v) is 17.4. The summed E-state index contributed by atoms with van der Waals surface area (Å²) < 4.78 is 0.879. The predicted molar refractivity (Wildman–Crippen MR) is 110 cm³/mol. The molecule has 1 aliphatic heterocycles. The average Bonchev–Trinajstić information content (AvgIpc) is 2.98. The molecule has 3 rings (SSSR count). The summed E-state index contributed by atoms with van der Waals surface area (Å²) in [6.07, 6.45) is 0.915. The van der Waals surface area contributed by atoms with Crippen molar-refractivity contribution in [3.63, 3.8) is 0 Å². The first-order valence-electron chi connectivity index (χ1n) is 8.42. The van der Waals surface area contributed by atoms with E-state index in [4.69, 9.17) is 11.6 Å². The van der Waals surface area contributed by atoms with Crippen molar-refractivity contribution < 1.29 is 9.72 Å². The van der Waals surface area contributed by atoms with Gasteiger partial charge in [-0.1, -0.05) is 11.6 Å². The van der Waals surface area contributed by atoms with Gasteiger partial charge in [-0.15, -0.1) is 23.7 Å². The van der Waals surface area contributed by atoms with Gasteiger partial charge in [0, 0.05) is 42.9 Å². The molecular formula is C18H21Cl2N3O3S. The van der Waals surface area contributed by atoms with Gasteiger partial charge >= 0.3 is 0 Å². The Morgan fingerprint density at radius 1 is 1.37 bits per heavy atom. The van der Waals surface area contributed by atoms with Gasteiger partial charge in [0.25, 0.3) is 11.6 Å². The lowest BCUT2D eigenvalue weighted by atomic mass is 9.93. The van der Waals surface area contributed by atoms with Crippen molar-refractivity contribution in [3.8, 4) is 0 Å². The summed E-state index contributed by atoms with van der Waals surface area (Å²) in [5.74, 6) is -0.225. The summed E-state index contributed by atoms with van der Waals surface area (Å²) in [7, 11) is 0. The molecule has 1 aromatic heterocycles. The number of nitrogens with zero attached hydrogens (tertiary/aromatic N) is 2. The molecule has 0 spiro atoms. The maximum atomic E-state index is 12.2. The second-order valence-corrected chi connectivity index (χ2v) is 7.95. The minimum absolute atomic E-state index is 0. The lowest BCUT2D eigenvalue weighted by molar-refractivity contribution is -0.384. The summed E-state index contributed by atoms with van der Waals surface area (Å²) in [5, 5.41) is 15.7. The molecule has 1 aromatic carbocycles. The smallest absolute Gasteiger partial charge is 0.269 e. The van der Waals surface area contributed by atoms with Gasteiger partial charge in [0.2, 0.25) is 0 Å². The standard InChI is InChI=1S/C18H20ClN3O3S.ClH/c1-11-9-15-16(10-26-17(15)19)12(2)21(11)8-7-20-18(23)13-3-5-14(6-4-13)22(24)25;/h3-6,10-12H,7-9H2,1-2H3,(H,20,23);1H/t11-,12-;/m1./s1. The Hall–Kier alpha value is -1.67. The van der Waals surface area contributed by atoms with Crippen LogP contribution in [0.5, 0.6) is 0 Å². The van der Waals surface area contributed by atoms with Crippen LogP contribution in [-0.2, 0) is 6.42 Å². The first kappa shape index (κ1) is 21.6. The van der Waals surface area contributed by atoms with Crippen molar-refractivity contribution >= 4 is 46.9 Å². The van der Waals surface area contributed by atoms with Crippen LogP contribution in [0.1, 0.15) is 41.4 Å². The molecular weight excluding hydrogens is 409 g/mol. The summed E-state index contributed by atoms with van der Waals surface area (Å²) in [4.78, 5) is 24.8. The fraction of sp³-hybridized carbons (Fsp3) is 0.389. The van der Waals surface area contributed by atoms with E-state index in [2.05, 4.69) is 29.4 Å². The third kappa shape index (κ3) is 4.60. The molecule has 0 radical (unpaired) electrons. The fourth-order valence-electron chi connectivity index (χ4n) is 3.44. The normalized spacial score (nSPS) is 19.1. The second kappa shape index (κ2) is 9.01. The molecule has 6 nitrogen and oxygen atoms in total. The molecule has 2 aromatic rings. The number of fused-ring (bicyclic) bond motifs is 1. The highest BCUT2D eigenvalue weighted by Crippen LogP contribution is 2.39. The van der Waals surface area contributed by atoms with Crippen molar-refractivity contribution in [2.45, 2.75) is 32.4 Å². The van der Waals surface area contributed by atoms with E-state index in [1.165, 1.54) is 35.4 Å². The van der Waals surface area contributed by atoms with Crippen LogP contribution in [0.4, 0.5) is 5.69 Å². The fourth-order valence-corrected chi connectivity index (χ4v) is 4.67. The largest absolute Gasteiger partial charge is 0.351 e. The van der Waals surface area contributed by atoms with Crippen molar-refractivity contribution in [3.05, 3.63) is 60.8 Å². The number of benzene rings is 1. The Balaban J connectivity index is 0.00000261. The SMILES string of the molecule is C[C@@H]1Cc2c(csc2Cl)[C@@H](C)N1CCNC(=O)c1ccc([N+](=O)[O-])cc1.Cl. The van der Waals surface area contributed by atoms with E-state index in [0.717, 1.165) is 17.3 Å². The van der Waals surface area contributed by atoms with Crippen LogP contribution in [0, 0.1) is 10.1 Å². The number of thiophene rings is 1. The Morgan fingerprint density at radius 2 is 2.04 bits per heavy atom. The molecule has 0 bridgehead atoms. The van der Waals surface area contributed by atoms with Gasteiger partial charge in [-0.2, -0.15) is 0 Å². The number of hydrogen-bond acceptors (Lipinski definition) is 5. The van der Waals surface area contributed by atoms with Gasteiger partial charge in [-0.05, 0) is 48.9 Å². The number of nitro groups is 1. The van der Waals surface area contributed by atoms with Gasteiger partial charge in [0.15, 0.2) is 0 Å². The summed E-state index contributed by atoms with van der Waals surface area (Å²) in [6, 6.07) is 6.23. The monoisotopic (exact) mass is 429 g/mol. The topological polar surface area (TPSA) is 75.5 Å². The molecule has 1 aliphatic rings. The molecule has 1 amide bonds. The van der Waals surface area contributed by atoms with E-state index in [1.54, 1.807) is 11.3 Å². The molecule has 146 valence electrons. The van der Waals surface area contributed by atoms with Crippen LogP contribution < -0.4 is 5.32 Å². The Bertz CT molecular complexity index is 826. The van der Waals surface area contributed by atoms with E-state index < -0.39 is 4.92 Å². The summed E-state index contributed by atoms with van der Waals surface area (Å²) >= 11 is 7.86. The molecule has 2 heterocycles. The first-order chi connectivity index (χ1) is 12.4. The van der Waals surface area contributed by atoms with Crippen LogP contribution in [0.2, 0.25) is 4.34 Å². The third-order valence-corrected chi connectivity index (χ3v) is 6.20. The van der Waals surface area contributed by atoms with E-state index in [0.29, 0.717) is 18.2 Å². The highest BCUT2D eigenvalue weighted by Gasteiger charge is 2.31. The quantitative estimate of drug-likeness (QED) is 0.561. The highest BCUT2D eigenvalue weighted by molar-refractivity contribution is 7.14. The number of non-ortho nitro benzene ring substituents is 1. The molecule has 1 N–H and O–H groups in total. The van der Waals surface area contributed by atoms with Gasteiger partial charge < -0.3 is 5.32 Å². The first-order valence-corrected chi connectivity index (χ1v) is 9.68. The Labute approximate surface area is 173 Å². The highest BCUT2D eigenvalue weighted by atomic mass is 35.5. The van der Waals surface area contributed by atoms with Crippen LogP contribution in [0.15, 0.2) is 29.6 Å². The minimum atomic E-state index is -0.480. The number of halogens is 2. The molecule has 0 unspecified atom stereocenters. The number of rotatable bonds is 5. The van der Waals surface area contributed by atoms with Crippen LogP contribution in [-0.4, -0.2) is 34.9 Å². The zero-order chi connectivity index (χ0) is 18.8. The molecule has 0 aliphatic carbocycles. The molecule has 27 heavy (non-hydrogen) atoms. The molecule has 9 heteroatoms. The van der Waals surface area contributed by atoms with Crippen molar-refractivity contribution in [2.24, 2.45) is 0 Å². The molecule has 0 fully saturated rings. The van der Waals surface area contributed by atoms with Crippen molar-refractivity contribution in [1.82, 2.24) is 10.2 Å². The van der Waals surface area contributed by atoms with E-state index in [1.807, 2.05) is 0 Å².